The summed E-state index contributed by atoms with van der Waals surface area (Å²) < 4.78 is 6.51. The first-order chi connectivity index (χ1) is 9.89. The van der Waals surface area contributed by atoms with Crippen LogP contribution in [-0.4, -0.2) is 49.7 Å². The van der Waals surface area contributed by atoms with Crippen LogP contribution in [0.25, 0.3) is 0 Å². The van der Waals surface area contributed by atoms with Crippen LogP contribution in [0.5, 0.6) is 0 Å². The highest BCUT2D eigenvalue weighted by molar-refractivity contribution is 4.53. The molecule has 0 aliphatic carbocycles. The van der Waals surface area contributed by atoms with Crippen molar-refractivity contribution >= 4 is 0 Å². The van der Waals surface area contributed by atoms with E-state index in [-0.39, 0.29) is 18.6 Å². The van der Waals surface area contributed by atoms with Crippen LogP contribution in [0.2, 0.25) is 0 Å². The van der Waals surface area contributed by atoms with Gasteiger partial charge in [0.05, 0.1) is 27.7 Å². The topological polar surface area (TPSA) is 29.5 Å². The molecular formula is C18H40ClNO2. The van der Waals surface area contributed by atoms with Crippen molar-refractivity contribution in [3.05, 3.63) is 0 Å². The predicted octanol–water partition coefficient (Wildman–Crippen LogP) is 1.34. The Balaban J connectivity index is 0. The van der Waals surface area contributed by atoms with E-state index in [9.17, 15) is 5.11 Å². The zero-order valence-electron chi connectivity index (χ0n) is 15.6. The van der Waals surface area contributed by atoms with E-state index in [1.165, 1.54) is 57.8 Å². The van der Waals surface area contributed by atoms with Gasteiger partial charge in [-0.25, -0.2) is 0 Å². The molecule has 0 aromatic carbocycles. The Morgan fingerprint density at radius 2 is 1.23 bits per heavy atom. The maximum absolute atomic E-state index is 9.77. The summed E-state index contributed by atoms with van der Waals surface area (Å²) in [5.41, 5.74) is 0. The number of ether oxygens (including phenoxy) is 1. The first kappa shape index (κ1) is 24.4. The monoisotopic (exact) mass is 337 g/mol. The molecule has 136 valence electrons. The number of unbranched alkanes of at least 4 members (excludes halogenated alkanes) is 9. The quantitative estimate of drug-likeness (QED) is 0.294. The lowest BCUT2D eigenvalue weighted by Crippen LogP contribution is -3.00. The van der Waals surface area contributed by atoms with E-state index >= 15 is 0 Å². The third-order valence-corrected chi connectivity index (χ3v) is 3.96. The highest BCUT2D eigenvalue weighted by Crippen LogP contribution is 2.13. The number of hydrogen-bond donors (Lipinski definition) is 1. The van der Waals surface area contributed by atoms with Crippen LogP contribution in [0.4, 0.5) is 0 Å². The van der Waals surface area contributed by atoms with Gasteiger partial charge in [-0.2, -0.15) is 0 Å². The van der Waals surface area contributed by atoms with E-state index in [1.54, 1.807) is 0 Å². The van der Waals surface area contributed by atoms with Gasteiger partial charge in [-0.15, -0.1) is 0 Å². The van der Waals surface area contributed by atoms with Crippen LogP contribution in [-0.2, 0) is 4.74 Å². The fourth-order valence-electron chi connectivity index (χ4n) is 2.80. The molecule has 0 heterocycles. The lowest BCUT2D eigenvalue weighted by atomic mass is 10.1. The van der Waals surface area contributed by atoms with E-state index in [4.69, 9.17) is 4.74 Å². The van der Waals surface area contributed by atoms with Crippen molar-refractivity contribution in [2.45, 2.75) is 90.4 Å². The van der Waals surface area contributed by atoms with Crippen molar-refractivity contribution in [2.75, 3.05) is 27.7 Å². The number of quaternary nitrogens is 1. The van der Waals surface area contributed by atoms with Gasteiger partial charge in [0.2, 0.25) is 6.23 Å². The van der Waals surface area contributed by atoms with Crippen molar-refractivity contribution in [2.24, 2.45) is 0 Å². The Bertz CT molecular complexity index is 230. The van der Waals surface area contributed by atoms with Crippen LogP contribution in [0.1, 0.15) is 78.1 Å². The van der Waals surface area contributed by atoms with Gasteiger partial charge in [0.1, 0.15) is 6.10 Å². The van der Waals surface area contributed by atoms with Gasteiger partial charge in [-0.1, -0.05) is 64.7 Å². The summed E-state index contributed by atoms with van der Waals surface area (Å²) in [6.07, 6.45) is 12.8. The molecule has 4 heteroatoms. The summed E-state index contributed by atoms with van der Waals surface area (Å²) in [7, 11) is 6.20. The van der Waals surface area contributed by atoms with Crippen molar-refractivity contribution < 1.29 is 26.7 Å². The number of halogens is 1. The van der Waals surface area contributed by atoms with Crippen molar-refractivity contribution in [1.29, 1.82) is 0 Å². The molecule has 0 saturated heterocycles. The summed E-state index contributed by atoms with van der Waals surface area (Å²) in [5, 5.41) is 9.77. The summed E-state index contributed by atoms with van der Waals surface area (Å²) >= 11 is 0. The molecule has 0 rings (SSSR count). The Morgan fingerprint density at radius 1 is 0.818 bits per heavy atom. The molecule has 0 spiro atoms. The van der Waals surface area contributed by atoms with Gasteiger partial charge in [-0.05, 0) is 13.3 Å². The van der Waals surface area contributed by atoms with Gasteiger partial charge in [0, 0.05) is 0 Å². The van der Waals surface area contributed by atoms with E-state index in [1.807, 2.05) is 6.92 Å². The Hall–Kier alpha value is 0.170. The van der Waals surface area contributed by atoms with E-state index in [2.05, 4.69) is 28.1 Å². The second-order valence-corrected chi connectivity index (χ2v) is 7.30. The van der Waals surface area contributed by atoms with Gasteiger partial charge < -0.3 is 26.7 Å². The smallest absolute Gasteiger partial charge is 0.218 e. The minimum Gasteiger partial charge on any atom is -1.00 e. The molecule has 2 atom stereocenters. The van der Waals surface area contributed by atoms with Crippen LogP contribution < -0.4 is 12.4 Å². The average Bonchev–Trinajstić information content (AvgIpc) is 2.38. The molecule has 0 aliphatic rings. The molecule has 0 saturated carbocycles. The van der Waals surface area contributed by atoms with Crippen LogP contribution in [0, 0.1) is 0 Å². The van der Waals surface area contributed by atoms with Crippen molar-refractivity contribution in [3.8, 4) is 0 Å². The third-order valence-electron chi connectivity index (χ3n) is 3.96. The van der Waals surface area contributed by atoms with Gasteiger partial charge >= 0.3 is 0 Å². The average molecular weight is 338 g/mol. The van der Waals surface area contributed by atoms with E-state index in [0.717, 1.165) is 13.0 Å². The minimum absolute atomic E-state index is 0. The Kier molecular flexibility index (Phi) is 16.4. The molecule has 3 nitrogen and oxygen atoms in total. The molecule has 0 fully saturated rings. The zero-order valence-corrected chi connectivity index (χ0v) is 16.4. The lowest BCUT2D eigenvalue weighted by Gasteiger charge is -2.35. The van der Waals surface area contributed by atoms with Crippen molar-refractivity contribution in [3.63, 3.8) is 0 Å². The highest BCUT2D eigenvalue weighted by atomic mass is 35.5. The standard InChI is InChI=1S/C18H40NO2.ClH/c1-6-7-8-9-10-11-12-13-14-15-16-21-18(17(2)20)19(3,4)5;/h17-18,20H,6-16H2,1-5H3;1H/q+1;/p-1. The maximum atomic E-state index is 9.77. The van der Waals surface area contributed by atoms with Crippen LogP contribution >= 0.6 is 0 Å². The lowest BCUT2D eigenvalue weighted by molar-refractivity contribution is -0.923. The molecule has 2 unspecified atom stereocenters. The van der Waals surface area contributed by atoms with Gasteiger partial charge in [0.15, 0.2) is 0 Å². The van der Waals surface area contributed by atoms with E-state index < -0.39 is 6.10 Å². The second-order valence-electron chi connectivity index (χ2n) is 7.30. The summed E-state index contributed by atoms with van der Waals surface area (Å²) in [4.78, 5) is 0. The minimum atomic E-state index is -0.423. The first-order valence-electron chi connectivity index (χ1n) is 9.00. The molecule has 0 aromatic heterocycles. The molecule has 0 aromatic rings. The largest absolute Gasteiger partial charge is 1.00 e. The molecule has 0 radical (unpaired) electrons. The maximum Gasteiger partial charge on any atom is 0.218 e. The zero-order chi connectivity index (χ0) is 16.1. The third kappa shape index (κ3) is 13.8. The van der Waals surface area contributed by atoms with Gasteiger partial charge in [-0.3, -0.25) is 0 Å². The second kappa shape index (κ2) is 14.7. The fourth-order valence-corrected chi connectivity index (χ4v) is 2.80. The summed E-state index contributed by atoms with van der Waals surface area (Å²) in [5.74, 6) is 0. The number of rotatable bonds is 14. The summed E-state index contributed by atoms with van der Waals surface area (Å²) in [6.45, 7) is 4.84. The normalized spacial score (nSPS) is 14.5. The van der Waals surface area contributed by atoms with Crippen LogP contribution in [0.3, 0.4) is 0 Å². The first-order valence-corrected chi connectivity index (χ1v) is 9.00. The van der Waals surface area contributed by atoms with Crippen molar-refractivity contribution in [1.82, 2.24) is 0 Å². The predicted molar refractivity (Wildman–Crippen MR) is 91.3 cm³/mol. The molecule has 22 heavy (non-hydrogen) atoms. The number of aliphatic hydroxyl groups excluding tert-OH is 1. The van der Waals surface area contributed by atoms with E-state index in [0.29, 0.717) is 4.48 Å². The molecule has 1 N–H and O–H groups in total. The number of likely N-dealkylation sites (N-methyl/N-ethyl adjacent to an activating group) is 1. The van der Waals surface area contributed by atoms with Gasteiger partial charge in [0.25, 0.3) is 0 Å². The Labute approximate surface area is 145 Å². The highest BCUT2D eigenvalue weighted by Gasteiger charge is 2.29. The molecule has 0 bridgehead atoms. The molecular weight excluding hydrogens is 298 g/mol. The number of hydrogen-bond acceptors (Lipinski definition) is 2. The summed E-state index contributed by atoms with van der Waals surface area (Å²) in [6, 6.07) is 0. The molecule has 0 aliphatic heterocycles. The number of aliphatic hydroxyl groups is 1. The SMILES string of the molecule is CCCCCCCCCCCCOC(C(C)O)[N+](C)(C)C.[Cl-]. The molecule has 0 amide bonds. The fraction of sp³-hybridized carbons (Fsp3) is 1.00. The number of nitrogens with zero attached hydrogens (tertiary/aromatic N) is 1. The van der Waals surface area contributed by atoms with Crippen LogP contribution in [0.15, 0.2) is 0 Å². The Morgan fingerprint density at radius 3 is 1.59 bits per heavy atom.